The number of rotatable bonds is 12. The van der Waals surface area contributed by atoms with E-state index in [4.69, 9.17) is 5.73 Å². The van der Waals surface area contributed by atoms with Crippen LogP contribution in [-0.2, 0) is 4.79 Å². The Balaban J connectivity index is 4.08. The molecule has 114 valence electrons. The summed E-state index contributed by atoms with van der Waals surface area (Å²) in [5.74, 6) is -0.126. The molecule has 2 N–H and O–H groups in total. The molecule has 19 heavy (non-hydrogen) atoms. The number of amides is 1. The van der Waals surface area contributed by atoms with Crippen molar-refractivity contribution < 1.29 is 4.79 Å². The largest absolute Gasteiger partial charge is 0.369 e. The molecule has 3 nitrogen and oxygen atoms in total. The summed E-state index contributed by atoms with van der Waals surface area (Å²) < 4.78 is 0. The van der Waals surface area contributed by atoms with E-state index in [0.717, 1.165) is 25.9 Å². The van der Waals surface area contributed by atoms with E-state index in [2.05, 4.69) is 32.6 Å². The molecule has 1 amide bonds. The summed E-state index contributed by atoms with van der Waals surface area (Å²) in [6.07, 6.45) is 8.52. The molecule has 0 aliphatic rings. The second-order valence-corrected chi connectivity index (χ2v) is 5.53. The highest BCUT2D eigenvalue weighted by Gasteiger charge is 2.25. The molecule has 0 aliphatic carbocycles. The number of unbranched alkanes of at least 4 members (excludes halogenated alkanes) is 5. The van der Waals surface area contributed by atoms with Gasteiger partial charge >= 0.3 is 0 Å². The lowest BCUT2D eigenvalue weighted by Crippen LogP contribution is -2.43. The number of hydrogen-bond acceptors (Lipinski definition) is 2. The first-order valence-electron chi connectivity index (χ1n) is 8.11. The molecule has 0 bridgehead atoms. The summed E-state index contributed by atoms with van der Waals surface area (Å²) in [7, 11) is 0. The summed E-state index contributed by atoms with van der Waals surface area (Å²) in [5.41, 5.74) is 5.58. The summed E-state index contributed by atoms with van der Waals surface area (Å²) in [6, 6.07) is 0.267. The van der Waals surface area contributed by atoms with Crippen molar-refractivity contribution in [2.45, 2.75) is 78.7 Å². The van der Waals surface area contributed by atoms with E-state index in [-0.39, 0.29) is 17.9 Å². The number of primary amides is 1. The van der Waals surface area contributed by atoms with Crippen molar-refractivity contribution in [2.75, 3.05) is 13.1 Å². The van der Waals surface area contributed by atoms with Gasteiger partial charge in [0.25, 0.3) is 0 Å². The average molecular weight is 270 g/mol. The van der Waals surface area contributed by atoms with Crippen LogP contribution in [0.5, 0.6) is 0 Å². The van der Waals surface area contributed by atoms with Crippen LogP contribution in [0.4, 0.5) is 0 Å². The van der Waals surface area contributed by atoms with Crippen LogP contribution in [0.3, 0.4) is 0 Å². The predicted molar refractivity (Wildman–Crippen MR) is 83.1 cm³/mol. The molecule has 0 fully saturated rings. The normalized spacial score (nSPS) is 14.6. The molecule has 0 aromatic heterocycles. The molecule has 0 saturated carbocycles. The minimum absolute atomic E-state index is 0.00563. The highest BCUT2D eigenvalue weighted by Crippen LogP contribution is 2.19. The van der Waals surface area contributed by atoms with E-state index in [1.165, 1.54) is 32.1 Å². The standard InChI is InChI=1S/C16H34N2O/c1-5-8-9-10-11-12-13-15(16(17)19)14(4)18(6-2)7-3/h14-15H,5-13H2,1-4H3,(H2,17,19). The average Bonchev–Trinajstić information content (AvgIpc) is 2.38. The van der Waals surface area contributed by atoms with Gasteiger partial charge in [0.1, 0.15) is 0 Å². The van der Waals surface area contributed by atoms with Gasteiger partial charge in [0.15, 0.2) is 0 Å². The number of nitrogens with two attached hydrogens (primary N) is 1. The molecule has 3 heteroatoms. The zero-order valence-electron chi connectivity index (χ0n) is 13.5. The summed E-state index contributed by atoms with van der Waals surface area (Å²) in [5, 5.41) is 0. The van der Waals surface area contributed by atoms with Crippen LogP contribution in [0.15, 0.2) is 0 Å². The molecular weight excluding hydrogens is 236 g/mol. The van der Waals surface area contributed by atoms with Crippen LogP contribution in [0.2, 0.25) is 0 Å². The molecule has 2 unspecified atom stereocenters. The van der Waals surface area contributed by atoms with E-state index < -0.39 is 0 Å². The third-order valence-corrected chi connectivity index (χ3v) is 4.20. The molecule has 0 spiro atoms. The first-order chi connectivity index (χ1) is 9.08. The molecule has 0 saturated heterocycles. The molecule has 2 atom stereocenters. The lowest BCUT2D eigenvalue weighted by Gasteiger charge is -2.31. The fourth-order valence-corrected chi connectivity index (χ4v) is 2.82. The van der Waals surface area contributed by atoms with E-state index in [1.54, 1.807) is 0 Å². The first kappa shape index (κ1) is 18.4. The topological polar surface area (TPSA) is 46.3 Å². The number of hydrogen-bond donors (Lipinski definition) is 1. The molecular formula is C16H34N2O. The fourth-order valence-electron chi connectivity index (χ4n) is 2.82. The van der Waals surface area contributed by atoms with Crippen molar-refractivity contribution in [3.8, 4) is 0 Å². The number of carbonyl (C=O) groups is 1. The van der Waals surface area contributed by atoms with Gasteiger partial charge in [-0.1, -0.05) is 59.3 Å². The maximum atomic E-state index is 11.6. The Bertz CT molecular complexity index is 227. The second kappa shape index (κ2) is 11.3. The zero-order valence-corrected chi connectivity index (χ0v) is 13.5. The smallest absolute Gasteiger partial charge is 0.222 e. The zero-order chi connectivity index (χ0) is 14.7. The highest BCUT2D eigenvalue weighted by molar-refractivity contribution is 5.77. The Kier molecular flexibility index (Phi) is 10.9. The lowest BCUT2D eigenvalue weighted by atomic mass is 9.92. The van der Waals surface area contributed by atoms with Crippen molar-refractivity contribution in [3.05, 3.63) is 0 Å². The highest BCUT2D eigenvalue weighted by atomic mass is 16.1. The van der Waals surface area contributed by atoms with Crippen LogP contribution >= 0.6 is 0 Å². The first-order valence-corrected chi connectivity index (χ1v) is 8.11. The van der Waals surface area contributed by atoms with Gasteiger partial charge in [-0.25, -0.2) is 0 Å². The third-order valence-electron chi connectivity index (χ3n) is 4.20. The van der Waals surface area contributed by atoms with Crippen molar-refractivity contribution in [2.24, 2.45) is 11.7 Å². The quantitative estimate of drug-likeness (QED) is 0.551. The molecule has 0 aromatic rings. The van der Waals surface area contributed by atoms with Gasteiger partial charge in [0.05, 0.1) is 5.92 Å². The minimum Gasteiger partial charge on any atom is -0.369 e. The monoisotopic (exact) mass is 270 g/mol. The Hall–Kier alpha value is -0.570. The predicted octanol–water partition coefficient (Wildman–Crippen LogP) is 3.57. The van der Waals surface area contributed by atoms with Crippen molar-refractivity contribution in [3.63, 3.8) is 0 Å². The SMILES string of the molecule is CCCCCCCCC(C(N)=O)C(C)N(CC)CC. The van der Waals surface area contributed by atoms with Gasteiger partial charge in [-0.2, -0.15) is 0 Å². The maximum absolute atomic E-state index is 11.6. The van der Waals surface area contributed by atoms with Crippen LogP contribution < -0.4 is 5.73 Å². The number of nitrogens with zero attached hydrogens (tertiary/aromatic N) is 1. The van der Waals surface area contributed by atoms with Gasteiger partial charge < -0.3 is 10.6 Å². The third kappa shape index (κ3) is 7.56. The van der Waals surface area contributed by atoms with Crippen LogP contribution in [0, 0.1) is 5.92 Å². The molecule has 0 heterocycles. The van der Waals surface area contributed by atoms with E-state index >= 15 is 0 Å². The Labute approximate surface area is 119 Å². The maximum Gasteiger partial charge on any atom is 0.222 e. The van der Waals surface area contributed by atoms with E-state index in [1.807, 2.05) is 0 Å². The second-order valence-electron chi connectivity index (χ2n) is 5.53. The van der Waals surface area contributed by atoms with Crippen LogP contribution in [-0.4, -0.2) is 29.9 Å². The van der Waals surface area contributed by atoms with Gasteiger partial charge in [0, 0.05) is 6.04 Å². The fraction of sp³-hybridized carbons (Fsp3) is 0.938. The van der Waals surface area contributed by atoms with Gasteiger partial charge in [-0.3, -0.25) is 4.79 Å². The minimum atomic E-state index is -0.132. The summed E-state index contributed by atoms with van der Waals surface area (Å²) >= 11 is 0. The molecule has 0 aliphatic heterocycles. The number of carbonyl (C=O) groups excluding carboxylic acids is 1. The van der Waals surface area contributed by atoms with Gasteiger partial charge in [-0.15, -0.1) is 0 Å². The summed E-state index contributed by atoms with van der Waals surface area (Å²) in [6.45, 7) is 10.6. The van der Waals surface area contributed by atoms with Crippen molar-refractivity contribution in [1.82, 2.24) is 4.90 Å². The van der Waals surface area contributed by atoms with Crippen molar-refractivity contribution in [1.29, 1.82) is 0 Å². The van der Waals surface area contributed by atoms with Crippen LogP contribution in [0.1, 0.15) is 72.6 Å². The van der Waals surface area contributed by atoms with Crippen molar-refractivity contribution >= 4 is 5.91 Å². The van der Waals surface area contributed by atoms with Gasteiger partial charge in [0.2, 0.25) is 5.91 Å². The molecule has 0 rings (SSSR count). The molecule has 0 aromatic carbocycles. The molecule has 0 radical (unpaired) electrons. The summed E-state index contributed by atoms with van der Waals surface area (Å²) in [4.78, 5) is 14.0. The van der Waals surface area contributed by atoms with E-state index in [9.17, 15) is 4.79 Å². The van der Waals surface area contributed by atoms with E-state index in [0.29, 0.717) is 0 Å². The van der Waals surface area contributed by atoms with Gasteiger partial charge in [-0.05, 0) is 26.4 Å². The Morgan fingerprint density at radius 2 is 1.53 bits per heavy atom. The Morgan fingerprint density at radius 1 is 1.00 bits per heavy atom. The lowest BCUT2D eigenvalue weighted by molar-refractivity contribution is -0.124. The van der Waals surface area contributed by atoms with Crippen LogP contribution in [0.25, 0.3) is 0 Å². The Morgan fingerprint density at radius 3 is 2.00 bits per heavy atom.